The van der Waals surface area contributed by atoms with Crippen LogP contribution in [0.25, 0.3) is 0 Å². The fourth-order valence-electron chi connectivity index (χ4n) is 2.52. The van der Waals surface area contributed by atoms with Crippen LogP contribution in [0.15, 0.2) is 47.4 Å². The van der Waals surface area contributed by atoms with E-state index in [1.165, 1.54) is 18.2 Å². The number of anilines is 1. The molecule has 0 unspecified atom stereocenters. The second-order valence-electron chi connectivity index (χ2n) is 6.78. The van der Waals surface area contributed by atoms with Crippen LogP contribution >= 0.6 is 0 Å². The molecule has 0 saturated heterocycles. The number of carboxylic acid groups (broad SMARTS) is 1. The number of aromatic carboxylic acids is 1. The van der Waals surface area contributed by atoms with E-state index in [0.717, 1.165) is 11.3 Å². The van der Waals surface area contributed by atoms with Gasteiger partial charge in [0, 0.05) is 18.8 Å². The van der Waals surface area contributed by atoms with Crippen molar-refractivity contribution in [3.05, 3.63) is 53.6 Å². The van der Waals surface area contributed by atoms with Crippen LogP contribution in [0.5, 0.6) is 5.75 Å². The Balaban J connectivity index is 2.10. The first-order valence-electron chi connectivity index (χ1n) is 8.96. The fraction of sp³-hybridized carbons (Fsp3) is 0.350. The Morgan fingerprint density at radius 2 is 1.82 bits per heavy atom. The number of hydrogen-bond donors (Lipinski definition) is 3. The van der Waals surface area contributed by atoms with Crippen molar-refractivity contribution >= 4 is 21.7 Å². The van der Waals surface area contributed by atoms with Crippen molar-refractivity contribution in [2.24, 2.45) is 5.92 Å². The summed E-state index contributed by atoms with van der Waals surface area (Å²) in [6, 6.07) is 11.7. The lowest BCUT2D eigenvalue weighted by Crippen LogP contribution is -2.27. The Morgan fingerprint density at radius 1 is 1.14 bits per heavy atom. The van der Waals surface area contributed by atoms with Gasteiger partial charge in [0.25, 0.3) is 0 Å². The van der Waals surface area contributed by atoms with Gasteiger partial charge in [-0.3, -0.25) is 0 Å². The molecule has 0 spiro atoms. The van der Waals surface area contributed by atoms with E-state index >= 15 is 0 Å². The van der Waals surface area contributed by atoms with Gasteiger partial charge in [0.15, 0.2) is 0 Å². The zero-order valence-corrected chi connectivity index (χ0v) is 17.0. The van der Waals surface area contributed by atoms with Crippen LogP contribution in [-0.2, 0) is 16.4 Å². The van der Waals surface area contributed by atoms with E-state index in [1.807, 2.05) is 38.1 Å². The normalized spacial score (nSPS) is 11.4. The average Bonchev–Trinajstić information content (AvgIpc) is 2.67. The Labute approximate surface area is 165 Å². The summed E-state index contributed by atoms with van der Waals surface area (Å²) in [5.74, 6) is -0.270. The highest BCUT2D eigenvalue weighted by Gasteiger charge is 2.19. The van der Waals surface area contributed by atoms with Crippen molar-refractivity contribution in [2.45, 2.75) is 25.2 Å². The molecular weight excluding hydrogens is 380 g/mol. The molecule has 0 fully saturated rings. The van der Waals surface area contributed by atoms with Crippen molar-refractivity contribution in [2.75, 3.05) is 25.5 Å². The van der Waals surface area contributed by atoms with E-state index in [1.54, 1.807) is 7.11 Å². The quantitative estimate of drug-likeness (QED) is 0.560. The first kappa shape index (κ1) is 21.7. The SMILES string of the molecule is COc1ccc(CCNc2ccc(S(=O)(=O)NCC(C)C)cc2C(=O)O)cc1. The molecule has 2 aromatic rings. The van der Waals surface area contributed by atoms with Crippen molar-refractivity contribution in [1.82, 2.24) is 4.72 Å². The molecule has 3 N–H and O–H groups in total. The third-order valence-electron chi connectivity index (χ3n) is 4.10. The highest BCUT2D eigenvalue weighted by Crippen LogP contribution is 2.21. The Kier molecular flexibility index (Phi) is 7.42. The molecule has 2 aromatic carbocycles. The standard InChI is InChI=1S/C20H26N2O5S/c1-14(2)13-22-28(25,26)17-8-9-19(18(12-17)20(23)24)21-11-10-15-4-6-16(27-3)7-5-15/h4-9,12,14,21-22H,10-11,13H2,1-3H3,(H,23,24). The molecule has 2 rings (SSSR count). The zero-order valence-electron chi connectivity index (χ0n) is 16.2. The van der Waals surface area contributed by atoms with E-state index in [0.29, 0.717) is 18.7 Å². The minimum Gasteiger partial charge on any atom is -0.497 e. The minimum absolute atomic E-state index is 0.0637. The number of ether oxygens (including phenoxy) is 1. The molecule has 0 heterocycles. The van der Waals surface area contributed by atoms with E-state index in [4.69, 9.17) is 4.74 Å². The molecule has 0 aliphatic carbocycles. The van der Waals surface area contributed by atoms with Gasteiger partial charge in [-0.1, -0.05) is 26.0 Å². The molecule has 28 heavy (non-hydrogen) atoms. The summed E-state index contributed by atoms with van der Waals surface area (Å²) in [5.41, 5.74) is 1.37. The molecule has 152 valence electrons. The molecular formula is C20H26N2O5S. The van der Waals surface area contributed by atoms with Gasteiger partial charge >= 0.3 is 5.97 Å². The maximum absolute atomic E-state index is 12.3. The number of methoxy groups -OCH3 is 1. The first-order valence-corrected chi connectivity index (χ1v) is 10.4. The van der Waals surface area contributed by atoms with Gasteiger partial charge in [-0.15, -0.1) is 0 Å². The Hall–Kier alpha value is -2.58. The molecule has 0 bridgehead atoms. The van der Waals surface area contributed by atoms with Crippen LogP contribution in [0.2, 0.25) is 0 Å². The largest absolute Gasteiger partial charge is 0.497 e. The lowest BCUT2D eigenvalue weighted by molar-refractivity contribution is 0.0697. The third kappa shape index (κ3) is 5.97. The number of benzene rings is 2. The maximum atomic E-state index is 12.3. The summed E-state index contributed by atoms with van der Waals surface area (Å²) >= 11 is 0. The smallest absolute Gasteiger partial charge is 0.337 e. The van der Waals surface area contributed by atoms with Crippen LogP contribution in [0, 0.1) is 5.92 Å². The number of carbonyl (C=O) groups is 1. The van der Waals surface area contributed by atoms with Gasteiger partial charge in [0.1, 0.15) is 5.75 Å². The van der Waals surface area contributed by atoms with Crippen LogP contribution in [0.3, 0.4) is 0 Å². The van der Waals surface area contributed by atoms with E-state index in [2.05, 4.69) is 10.0 Å². The molecule has 0 aromatic heterocycles. The summed E-state index contributed by atoms with van der Waals surface area (Å²) in [4.78, 5) is 11.5. The highest BCUT2D eigenvalue weighted by molar-refractivity contribution is 7.89. The molecule has 0 aliphatic heterocycles. The van der Waals surface area contributed by atoms with E-state index in [9.17, 15) is 18.3 Å². The number of carboxylic acids is 1. The van der Waals surface area contributed by atoms with E-state index < -0.39 is 16.0 Å². The predicted octanol–water partition coefficient (Wildman–Crippen LogP) is 2.98. The van der Waals surface area contributed by atoms with Gasteiger partial charge in [0.05, 0.1) is 17.6 Å². The fourth-order valence-corrected chi connectivity index (χ4v) is 3.75. The van der Waals surface area contributed by atoms with Gasteiger partial charge in [-0.25, -0.2) is 17.9 Å². The van der Waals surface area contributed by atoms with Crippen LogP contribution < -0.4 is 14.8 Å². The second-order valence-corrected chi connectivity index (χ2v) is 8.55. The number of sulfonamides is 1. The predicted molar refractivity (Wildman–Crippen MR) is 109 cm³/mol. The maximum Gasteiger partial charge on any atom is 0.337 e. The summed E-state index contributed by atoms with van der Waals surface area (Å²) in [6.45, 7) is 4.57. The first-order chi connectivity index (χ1) is 13.2. The molecule has 7 nitrogen and oxygen atoms in total. The monoisotopic (exact) mass is 406 g/mol. The van der Waals surface area contributed by atoms with Gasteiger partial charge < -0.3 is 15.2 Å². The Morgan fingerprint density at radius 3 is 2.39 bits per heavy atom. The topological polar surface area (TPSA) is 105 Å². The summed E-state index contributed by atoms with van der Waals surface area (Å²) in [6.07, 6.45) is 0.680. The third-order valence-corrected chi connectivity index (χ3v) is 5.52. The molecule has 0 radical (unpaired) electrons. The van der Waals surface area contributed by atoms with Crippen LogP contribution in [0.1, 0.15) is 29.8 Å². The lowest BCUT2D eigenvalue weighted by Gasteiger charge is -2.13. The van der Waals surface area contributed by atoms with Gasteiger partial charge in [0.2, 0.25) is 10.0 Å². The van der Waals surface area contributed by atoms with Crippen molar-refractivity contribution in [1.29, 1.82) is 0 Å². The lowest BCUT2D eigenvalue weighted by atomic mass is 10.1. The van der Waals surface area contributed by atoms with E-state index in [-0.39, 0.29) is 22.9 Å². The van der Waals surface area contributed by atoms with Gasteiger partial charge in [-0.05, 0) is 48.2 Å². The van der Waals surface area contributed by atoms with Crippen molar-refractivity contribution in [3.8, 4) is 5.75 Å². The molecule has 0 aliphatic rings. The van der Waals surface area contributed by atoms with Crippen LogP contribution in [0.4, 0.5) is 5.69 Å². The number of rotatable bonds is 10. The number of hydrogen-bond acceptors (Lipinski definition) is 5. The minimum atomic E-state index is -3.75. The molecule has 8 heteroatoms. The molecule has 0 atom stereocenters. The van der Waals surface area contributed by atoms with Crippen molar-refractivity contribution in [3.63, 3.8) is 0 Å². The number of nitrogens with one attached hydrogen (secondary N) is 2. The molecule has 0 amide bonds. The highest BCUT2D eigenvalue weighted by atomic mass is 32.2. The summed E-state index contributed by atoms with van der Waals surface area (Å²) < 4.78 is 32.3. The Bertz CT molecular complexity index is 909. The average molecular weight is 407 g/mol. The summed E-state index contributed by atoms with van der Waals surface area (Å²) in [5, 5.41) is 12.6. The van der Waals surface area contributed by atoms with Crippen molar-refractivity contribution < 1.29 is 23.1 Å². The zero-order chi connectivity index (χ0) is 20.7. The second kappa shape index (κ2) is 9.57. The van der Waals surface area contributed by atoms with Crippen LogP contribution in [-0.4, -0.2) is 39.7 Å². The molecule has 0 saturated carbocycles. The summed E-state index contributed by atoms with van der Waals surface area (Å²) in [7, 11) is -2.15. The van der Waals surface area contributed by atoms with Gasteiger partial charge in [-0.2, -0.15) is 0 Å².